The van der Waals surface area contributed by atoms with Crippen LogP contribution in [-0.4, -0.2) is 45.4 Å². The van der Waals surface area contributed by atoms with Crippen LogP contribution in [0.2, 0.25) is 0 Å². The topological polar surface area (TPSA) is 102 Å². The Morgan fingerprint density at radius 1 is 1.03 bits per heavy atom. The van der Waals surface area contributed by atoms with Gasteiger partial charge in [-0.1, -0.05) is 31.9 Å². The Bertz CT molecular complexity index is 1240. The highest BCUT2D eigenvalue weighted by Gasteiger charge is 2.46. The van der Waals surface area contributed by atoms with E-state index in [1.165, 1.54) is 17.3 Å². The van der Waals surface area contributed by atoms with Crippen LogP contribution in [0.4, 0.5) is 0 Å². The zero-order valence-electron chi connectivity index (χ0n) is 20.4. The molecule has 0 radical (unpaired) electrons. The maximum atomic E-state index is 13.2. The minimum atomic E-state index is -0.832. The fraction of sp³-hybridized carbons (Fsp3) is 0.286. The van der Waals surface area contributed by atoms with E-state index in [4.69, 9.17) is 9.47 Å². The molecular formula is C28H29N3O5. The van der Waals surface area contributed by atoms with Crippen molar-refractivity contribution in [3.05, 3.63) is 89.5 Å². The summed E-state index contributed by atoms with van der Waals surface area (Å²) >= 11 is 0. The number of ether oxygens (including phenoxy) is 2. The molecule has 1 aliphatic rings. The number of hydrogen-bond acceptors (Lipinski definition) is 7. The molecule has 1 N–H and O–H groups in total. The molecule has 8 nitrogen and oxygen atoms in total. The van der Waals surface area contributed by atoms with Gasteiger partial charge in [-0.25, -0.2) is 0 Å². The summed E-state index contributed by atoms with van der Waals surface area (Å²) in [7, 11) is 1.54. The van der Waals surface area contributed by atoms with Crippen molar-refractivity contribution in [1.82, 2.24) is 14.9 Å². The molecule has 186 valence electrons. The van der Waals surface area contributed by atoms with Crippen LogP contribution >= 0.6 is 0 Å². The van der Waals surface area contributed by atoms with E-state index < -0.39 is 17.7 Å². The van der Waals surface area contributed by atoms with Gasteiger partial charge in [0.25, 0.3) is 11.7 Å². The Labute approximate surface area is 210 Å². The van der Waals surface area contributed by atoms with E-state index in [0.29, 0.717) is 29.2 Å². The molecular weight excluding hydrogens is 458 g/mol. The Morgan fingerprint density at radius 2 is 1.83 bits per heavy atom. The molecule has 0 saturated carbocycles. The number of aliphatic hydroxyl groups excluding tert-OH is 1. The number of unbranched alkanes of at least 4 members (excludes halogenated alkanes) is 2. The molecule has 4 rings (SSSR count). The summed E-state index contributed by atoms with van der Waals surface area (Å²) in [6.45, 7) is 2.84. The molecule has 0 bridgehead atoms. The van der Waals surface area contributed by atoms with E-state index in [0.717, 1.165) is 24.8 Å². The summed E-state index contributed by atoms with van der Waals surface area (Å²) < 4.78 is 11.5. The van der Waals surface area contributed by atoms with Crippen LogP contribution in [0.15, 0.2) is 72.8 Å². The van der Waals surface area contributed by atoms with Crippen molar-refractivity contribution in [2.45, 2.75) is 38.8 Å². The predicted octanol–water partition coefficient (Wildman–Crippen LogP) is 4.68. The van der Waals surface area contributed by atoms with Gasteiger partial charge in [0.05, 0.1) is 25.3 Å². The molecule has 1 unspecified atom stereocenters. The zero-order valence-corrected chi connectivity index (χ0v) is 20.4. The molecule has 1 fully saturated rings. The number of Topliss-reactive ketones (excluding diaryl/α,β-unsaturated/α-hetero) is 1. The molecule has 0 aliphatic carbocycles. The van der Waals surface area contributed by atoms with E-state index in [2.05, 4.69) is 16.9 Å². The zero-order chi connectivity index (χ0) is 25.5. The molecule has 8 heteroatoms. The van der Waals surface area contributed by atoms with Crippen molar-refractivity contribution in [3.63, 3.8) is 0 Å². The van der Waals surface area contributed by atoms with Crippen LogP contribution in [0.25, 0.3) is 5.76 Å². The molecule has 1 atom stereocenters. The lowest BCUT2D eigenvalue weighted by Gasteiger charge is -2.26. The van der Waals surface area contributed by atoms with Crippen LogP contribution in [0.1, 0.15) is 48.9 Å². The number of amides is 1. The SMILES string of the molecule is CCCCCOc1ccc(C2/C(=C(\O)c3ccncc3)C(=O)C(=O)N2Cc2cccnc2)cc1OC. The Morgan fingerprint density at radius 3 is 2.53 bits per heavy atom. The third-order valence-corrected chi connectivity index (χ3v) is 6.08. The van der Waals surface area contributed by atoms with Crippen molar-refractivity contribution in [2.24, 2.45) is 0 Å². The number of aliphatic hydroxyl groups is 1. The average molecular weight is 488 g/mol. The largest absolute Gasteiger partial charge is 0.507 e. The number of carbonyl (C=O) groups excluding carboxylic acids is 2. The molecule has 1 aliphatic heterocycles. The molecule has 0 spiro atoms. The first kappa shape index (κ1) is 24.9. The smallest absolute Gasteiger partial charge is 0.295 e. The van der Waals surface area contributed by atoms with Crippen molar-refractivity contribution in [3.8, 4) is 11.5 Å². The fourth-order valence-electron chi connectivity index (χ4n) is 4.25. The number of rotatable bonds is 10. The van der Waals surface area contributed by atoms with E-state index in [-0.39, 0.29) is 17.9 Å². The lowest BCUT2D eigenvalue weighted by atomic mass is 9.95. The van der Waals surface area contributed by atoms with Crippen molar-refractivity contribution >= 4 is 17.4 Å². The number of ketones is 1. The molecule has 36 heavy (non-hydrogen) atoms. The summed E-state index contributed by atoms with van der Waals surface area (Å²) in [5.74, 6) is -0.640. The second-order valence-corrected chi connectivity index (χ2v) is 8.49. The Balaban J connectivity index is 1.78. The third-order valence-electron chi connectivity index (χ3n) is 6.08. The van der Waals surface area contributed by atoms with Gasteiger partial charge >= 0.3 is 0 Å². The molecule has 1 aromatic carbocycles. The fourth-order valence-corrected chi connectivity index (χ4v) is 4.25. The second-order valence-electron chi connectivity index (χ2n) is 8.49. The molecule has 3 heterocycles. The van der Waals surface area contributed by atoms with Crippen LogP contribution < -0.4 is 9.47 Å². The summed E-state index contributed by atoms with van der Waals surface area (Å²) in [6.07, 6.45) is 9.41. The van der Waals surface area contributed by atoms with Gasteiger partial charge in [0, 0.05) is 36.9 Å². The van der Waals surface area contributed by atoms with Crippen LogP contribution in [0, 0.1) is 0 Å². The van der Waals surface area contributed by atoms with Crippen LogP contribution in [0.5, 0.6) is 11.5 Å². The monoisotopic (exact) mass is 487 g/mol. The van der Waals surface area contributed by atoms with Gasteiger partial charge in [-0.15, -0.1) is 0 Å². The number of hydrogen-bond donors (Lipinski definition) is 1. The molecule has 1 saturated heterocycles. The van der Waals surface area contributed by atoms with Gasteiger partial charge in [0.1, 0.15) is 5.76 Å². The number of likely N-dealkylation sites (tertiary alicyclic amines) is 1. The van der Waals surface area contributed by atoms with Gasteiger partial charge in [-0.2, -0.15) is 0 Å². The number of aromatic nitrogens is 2. The highest BCUT2D eigenvalue weighted by atomic mass is 16.5. The maximum Gasteiger partial charge on any atom is 0.295 e. The molecule has 3 aromatic rings. The lowest BCUT2D eigenvalue weighted by molar-refractivity contribution is -0.140. The van der Waals surface area contributed by atoms with E-state index in [1.807, 2.05) is 6.07 Å². The van der Waals surface area contributed by atoms with E-state index in [1.54, 1.807) is 55.9 Å². The standard InChI is InChI=1S/C28H29N3O5/c1-3-4-5-15-36-22-9-8-21(16-23(22)35-2)25-24(26(32)20-10-13-29-14-11-20)27(33)28(34)31(25)18-19-7-6-12-30-17-19/h6-14,16-17,25,32H,3-5,15,18H2,1-2H3/b26-24+. The number of pyridine rings is 2. The van der Waals surface area contributed by atoms with Crippen molar-refractivity contribution < 1.29 is 24.2 Å². The quantitative estimate of drug-likeness (QED) is 0.192. The highest BCUT2D eigenvalue weighted by Crippen LogP contribution is 2.42. The minimum absolute atomic E-state index is 0.00811. The maximum absolute atomic E-state index is 13.2. The van der Waals surface area contributed by atoms with Gasteiger partial charge in [-0.3, -0.25) is 19.6 Å². The third kappa shape index (κ3) is 5.22. The normalized spacial score (nSPS) is 16.8. The average Bonchev–Trinajstić information content (AvgIpc) is 3.16. The van der Waals surface area contributed by atoms with Gasteiger partial charge < -0.3 is 19.5 Å². The number of benzene rings is 1. The van der Waals surface area contributed by atoms with Crippen molar-refractivity contribution in [2.75, 3.05) is 13.7 Å². The summed E-state index contributed by atoms with van der Waals surface area (Å²) in [4.78, 5) is 36.0. The van der Waals surface area contributed by atoms with Gasteiger partial charge in [0.2, 0.25) is 0 Å². The summed E-state index contributed by atoms with van der Waals surface area (Å²) in [5, 5.41) is 11.2. The second kappa shape index (κ2) is 11.5. The van der Waals surface area contributed by atoms with Crippen molar-refractivity contribution in [1.29, 1.82) is 0 Å². The van der Waals surface area contributed by atoms with Gasteiger partial charge in [-0.05, 0) is 47.9 Å². The van der Waals surface area contributed by atoms with E-state index >= 15 is 0 Å². The summed E-state index contributed by atoms with van der Waals surface area (Å²) in [6, 6.07) is 11.3. The predicted molar refractivity (Wildman–Crippen MR) is 134 cm³/mol. The van der Waals surface area contributed by atoms with Crippen LogP contribution in [0.3, 0.4) is 0 Å². The van der Waals surface area contributed by atoms with E-state index in [9.17, 15) is 14.7 Å². The van der Waals surface area contributed by atoms with Gasteiger partial charge in [0.15, 0.2) is 11.5 Å². The Kier molecular flexibility index (Phi) is 7.95. The molecule has 2 aromatic heterocycles. The lowest BCUT2D eigenvalue weighted by Crippen LogP contribution is -2.29. The number of nitrogens with zero attached hydrogens (tertiary/aromatic N) is 3. The first-order valence-electron chi connectivity index (χ1n) is 11.9. The minimum Gasteiger partial charge on any atom is -0.507 e. The Hall–Kier alpha value is -4.20. The summed E-state index contributed by atoms with van der Waals surface area (Å²) in [5.41, 5.74) is 1.79. The highest BCUT2D eigenvalue weighted by molar-refractivity contribution is 6.46. The number of carbonyl (C=O) groups is 2. The first-order valence-corrected chi connectivity index (χ1v) is 11.9. The van der Waals surface area contributed by atoms with Crippen LogP contribution in [-0.2, 0) is 16.1 Å². The first-order chi connectivity index (χ1) is 17.5. The number of methoxy groups -OCH3 is 1. The molecule has 1 amide bonds.